The molecule has 0 atom stereocenters. The van der Waals surface area contributed by atoms with Gasteiger partial charge in [-0.2, -0.15) is 0 Å². The maximum absolute atomic E-state index is 12.4. The van der Waals surface area contributed by atoms with E-state index in [0.29, 0.717) is 16.1 Å². The molecule has 2 aromatic carbocycles. The van der Waals surface area contributed by atoms with Crippen molar-refractivity contribution in [3.05, 3.63) is 65.0 Å². The van der Waals surface area contributed by atoms with Gasteiger partial charge in [-0.05, 0) is 29.7 Å². The van der Waals surface area contributed by atoms with Gasteiger partial charge in [0.25, 0.3) is 5.91 Å². The van der Waals surface area contributed by atoms with Gasteiger partial charge >= 0.3 is 5.97 Å². The Kier molecular flexibility index (Phi) is 3.89. The zero-order chi connectivity index (χ0) is 15.5. The second-order valence-corrected chi connectivity index (χ2v) is 5.72. The molecule has 0 bridgehead atoms. The van der Waals surface area contributed by atoms with Gasteiger partial charge in [0.05, 0.1) is 23.2 Å². The maximum Gasteiger partial charge on any atom is 0.339 e. The van der Waals surface area contributed by atoms with Crippen molar-refractivity contribution in [2.45, 2.75) is 0 Å². The summed E-state index contributed by atoms with van der Waals surface area (Å²) < 4.78 is 5.77. The topological polar surface area (TPSA) is 55.4 Å². The first-order chi connectivity index (χ1) is 10.7. The zero-order valence-electron chi connectivity index (χ0n) is 11.8. The monoisotopic (exact) mass is 311 g/mol. The van der Waals surface area contributed by atoms with Crippen molar-refractivity contribution in [2.24, 2.45) is 0 Å². The summed E-state index contributed by atoms with van der Waals surface area (Å²) >= 11 is 1.42. The van der Waals surface area contributed by atoms with E-state index in [0.717, 1.165) is 10.1 Å². The fraction of sp³-hybridized carbons (Fsp3) is 0.0588. The summed E-state index contributed by atoms with van der Waals surface area (Å²) in [5.74, 6) is -0.718. The number of para-hydroxylation sites is 1. The third-order valence-electron chi connectivity index (χ3n) is 3.23. The molecule has 0 aliphatic rings. The fourth-order valence-corrected chi connectivity index (χ4v) is 3.12. The number of ether oxygens (including phenoxy) is 1. The van der Waals surface area contributed by atoms with E-state index in [9.17, 15) is 9.59 Å². The number of hydrogen-bond acceptors (Lipinski definition) is 4. The van der Waals surface area contributed by atoms with Crippen LogP contribution in [0.1, 0.15) is 20.0 Å². The number of carbonyl (C=O) groups excluding carboxylic acids is 2. The van der Waals surface area contributed by atoms with E-state index in [1.54, 1.807) is 24.3 Å². The summed E-state index contributed by atoms with van der Waals surface area (Å²) in [4.78, 5) is 24.7. The van der Waals surface area contributed by atoms with Crippen LogP contribution >= 0.6 is 11.3 Å². The molecule has 110 valence electrons. The fourth-order valence-electron chi connectivity index (χ4n) is 2.16. The second kappa shape index (κ2) is 5.99. The minimum atomic E-state index is -0.479. The summed E-state index contributed by atoms with van der Waals surface area (Å²) in [5, 5.41) is 3.80. The lowest BCUT2D eigenvalue weighted by Crippen LogP contribution is -2.14. The highest BCUT2D eigenvalue weighted by molar-refractivity contribution is 7.20. The number of thiophene rings is 1. The van der Waals surface area contributed by atoms with Crippen LogP contribution in [-0.4, -0.2) is 19.0 Å². The second-order valence-electron chi connectivity index (χ2n) is 4.64. The zero-order valence-corrected chi connectivity index (χ0v) is 12.6. The van der Waals surface area contributed by atoms with Crippen LogP contribution in [0.3, 0.4) is 0 Å². The standard InChI is InChI=1S/C17H13NO3S/c1-21-17(20)12-7-3-4-8-13(12)18-16(19)15-10-11-6-2-5-9-14(11)22-15/h2-10H,1H3,(H,18,19). The van der Waals surface area contributed by atoms with Gasteiger partial charge in [-0.25, -0.2) is 4.79 Å². The Bertz CT molecular complexity index is 821. The molecule has 22 heavy (non-hydrogen) atoms. The number of anilines is 1. The van der Waals surface area contributed by atoms with Gasteiger partial charge in [0.15, 0.2) is 0 Å². The highest BCUT2D eigenvalue weighted by Gasteiger charge is 2.15. The Labute approximate surface area is 131 Å². The predicted molar refractivity (Wildman–Crippen MR) is 87.6 cm³/mol. The average molecular weight is 311 g/mol. The highest BCUT2D eigenvalue weighted by Crippen LogP contribution is 2.26. The van der Waals surface area contributed by atoms with E-state index in [2.05, 4.69) is 5.32 Å². The molecule has 0 radical (unpaired) electrons. The number of carbonyl (C=O) groups is 2. The molecule has 0 fully saturated rings. The number of benzene rings is 2. The highest BCUT2D eigenvalue weighted by atomic mass is 32.1. The van der Waals surface area contributed by atoms with Crippen molar-refractivity contribution in [1.82, 2.24) is 0 Å². The van der Waals surface area contributed by atoms with Crippen LogP contribution in [0.15, 0.2) is 54.6 Å². The normalized spacial score (nSPS) is 10.4. The first-order valence-electron chi connectivity index (χ1n) is 6.66. The molecular weight excluding hydrogens is 298 g/mol. The Morgan fingerprint density at radius 3 is 2.55 bits per heavy atom. The number of nitrogens with one attached hydrogen (secondary N) is 1. The number of methoxy groups -OCH3 is 1. The summed E-state index contributed by atoms with van der Waals surface area (Å²) in [6, 6.07) is 16.4. The Balaban J connectivity index is 1.90. The van der Waals surface area contributed by atoms with Gasteiger partial charge < -0.3 is 10.1 Å². The van der Waals surface area contributed by atoms with Gasteiger partial charge in [0.2, 0.25) is 0 Å². The van der Waals surface area contributed by atoms with Crippen molar-refractivity contribution >= 4 is 39.0 Å². The van der Waals surface area contributed by atoms with Crippen LogP contribution in [0.2, 0.25) is 0 Å². The molecule has 0 unspecified atom stereocenters. The largest absolute Gasteiger partial charge is 0.465 e. The minimum Gasteiger partial charge on any atom is -0.465 e. The first-order valence-corrected chi connectivity index (χ1v) is 7.48. The molecule has 3 aromatic rings. The van der Waals surface area contributed by atoms with Gasteiger partial charge in [-0.3, -0.25) is 4.79 Å². The van der Waals surface area contributed by atoms with E-state index >= 15 is 0 Å². The van der Waals surface area contributed by atoms with E-state index < -0.39 is 5.97 Å². The molecule has 1 N–H and O–H groups in total. The third kappa shape index (κ3) is 2.71. The molecule has 0 aliphatic heterocycles. The van der Waals surface area contributed by atoms with Crippen LogP contribution in [0.4, 0.5) is 5.69 Å². The molecule has 1 amide bonds. The Morgan fingerprint density at radius 1 is 1.05 bits per heavy atom. The molecule has 5 heteroatoms. The Hall–Kier alpha value is -2.66. The number of amides is 1. The van der Waals surface area contributed by atoms with Gasteiger partial charge in [0.1, 0.15) is 0 Å². The number of hydrogen-bond donors (Lipinski definition) is 1. The average Bonchev–Trinajstić information content (AvgIpc) is 2.99. The van der Waals surface area contributed by atoms with E-state index in [1.807, 2.05) is 30.3 Å². The van der Waals surface area contributed by atoms with E-state index in [-0.39, 0.29) is 5.91 Å². The Morgan fingerprint density at radius 2 is 1.77 bits per heavy atom. The molecule has 0 spiro atoms. The van der Waals surface area contributed by atoms with Crippen molar-refractivity contribution in [3.8, 4) is 0 Å². The lowest BCUT2D eigenvalue weighted by atomic mass is 10.1. The van der Waals surface area contributed by atoms with E-state index in [4.69, 9.17) is 4.74 Å². The molecule has 0 saturated carbocycles. The third-order valence-corrected chi connectivity index (χ3v) is 4.34. The van der Waals surface area contributed by atoms with Crippen LogP contribution in [0.25, 0.3) is 10.1 Å². The lowest BCUT2D eigenvalue weighted by Gasteiger charge is -2.08. The van der Waals surface area contributed by atoms with Crippen LogP contribution < -0.4 is 5.32 Å². The summed E-state index contributed by atoms with van der Waals surface area (Å²) in [5.41, 5.74) is 0.774. The van der Waals surface area contributed by atoms with Crippen molar-refractivity contribution in [1.29, 1.82) is 0 Å². The number of rotatable bonds is 3. The summed E-state index contributed by atoms with van der Waals surface area (Å²) in [6.45, 7) is 0. The first kappa shape index (κ1) is 14.3. The molecule has 0 saturated heterocycles. The molecule has 0 aliphatic carbocycles. The van der Waals surface area contributed by atoms with Crippen LogP contribution in [0, 0.1) is 0 Å². The van der Waals surface area contributed by atoms with Crippen LogP contribution in [-0.2, 0) is 4.74 Å². The van der Waals surface area contributed by atoms with Crippen molar-refractivity contribution in [3.63, 3.8) is 0 Å². The predicted octanol–water partition coefficient (Wildman–Crippen LogP) is 3.94. The molecule has 4 nitrogen and oxygen atoms in total. The summed E-state index contributed by atoms with van der Waals surface area (Å²) in [7, 11) is 1.31. The number of fused-ring (bicyclic) bond motifs is 1. The van der Waals surface area contributed by atoms with Crippen LogP contribution in [0.5, 0.6) is 0 Å². The van der Waals surface area contributed by atoms with Gasteiger partial charge in [-0.1, -0.05) is 30.3 Å². The lowest BCUT2D eigenvalue weighted by molar-refractivity contribution is 0.0602. The number of esters is 1. The molecule has 1 heterocycles. The smallest absolute Gasteiger partial charge is 0.339 e. The molecular formula is C17H13NO3S. The molecule has 3 rings (SSSR count). The summed E-state index contributed by atoms with van der Waals surface area (Å²) in [6.07, 6.45) is 0. The molecule has 1 aromatic heterocycles. The van der Waals surface area contributed by atoms with E-state index in [1.165, 1.54) is 18.4 Å². The van der Waals surface area contributed by atoms with Crippen molar-refractivity contribution < 1.29 is 14.3 Å². The van der Waals surface area contributed by atoms with Gasteiger partial charge in [-0.15, -0.1) is 11.3 Å². The quantitative estimate of drug-likeness (QED) is 0.745. The maximum atomic E-state index is 12.4. The minimum absolute atomic E-state index is 0.238. The van der Waals surface area contributed by atoms with Crippen molar-refractivity contribution in [2.75, 3.05) is 12.4 Å². The van der Waals surface area contributed by atoms with Gasteiger partial charge in [0, 0.05) is 4.70 Å². The SMILES string of the molecule is COC(=O)c1ccccc1NC(=O)c1cc2ccccc2s1.